The molecule has 11 heavy (non-hydrogen) atoms. The van der Waals surface area contributed by atoms with Crippen LogP contribution in [0.1, 0.15) is 40.5 Å². The monoisotopic (exact) mass is 158 g/mol. The molecule has 0 spiro atoms. The highest BCUT2D eigenvalue weighted by atomic mass is 14.8. The Balaban J connectivity index is 3.79. The molecule has 0 bridgehead atoms. The van der Waals surface area contributed by atoms with Crippen LogP contribution < -0.4 is 11.5 Å². The molecule has 0 saturated carbocycles. The van der Waals surface area contributed by atoms with Crippen molar-refractivity contribution in [2.75, 3.05) is 0 Å². The van der Waals surface area contributed by atoms with E-state index in [0.29, 0.717) is 5.92 Å². The highest BCUT2D eigenvalue weighted by molar-refractivity contribution is 4.82. The van der Waals surface area contributed by atoms with E-state index in [9.17, 15) is 0 Å². The lowest BCUT2D eigenvalue weighted by Crippen LogP contribution is -2.42. The summed E-state index contributed by atoms with van der Waals surface area (Å²) < 4.78 is 0. The van der Waals surface area contributed by atoms with Gasteiger partial charge < -0.3 is 11.5 Å². The first kappa shape index (κ1) is 10.9. The maximum absolute atomic E-state index is 6.04. The van der Waals surface area contributed by atoms with Crippen LogP contribution in [0.25, 0.3) is 0 Å². The van der Waals surface area contributed by atoms with E-state index in [2.05, 4.69) is 20.8 Å². The zero-order valence-corrected chi connectivity index (χ0v) is 8.22. The summed E-state index contributed by atoms with van der Waals surface area (Å²) in [7, 11) is 0. The normalized spacial score (nSPS) is 19.9. The minimum Gasteiger partial charge on any atom is -0.328 e. The summed E-state index contributed by atoms with van der Waals surface area (Å²) >= 11 is 0. The smallest absolute Gasteiger partial charge is 0.0142 e. The molecular formula is C9H22N2. The minimum atomic E-state index is -0.0810. The minimum absolute atomic E-state index is 0.0810. The Bertz CT molecular complexity index is 94.1. The van der Waals surface area contributed by atoms with Crippen LogP contribution in [0, 0.1) is 5.92 Å². The van der Waals surface area contributed by atoms with Gasteiger partial charge >= 0.3 is 0 Å². The Hall–Kier alpha value is -0.0800. The molecule has 0 aliphatic heterocycles. The second-order valence-electron chi connectivity index (χ2n) is 4.43. The fraction of sp³-hybridized carbons (Fsp3) is 1.00. The van der Waals surface area contributed by atoms with Crippen molar-refractivity contribution in [2.45, 2.75) is 52.1 Å². The van der Waals surface area contributed by atoms with Crippen molar-refractivity contribution in [2.24, 2.45) is 17.4 Å². The SMILES string of the molecule is CC(C)CC(C)(N)CC(C)N. The van der Waals surface area contributed by atoms with E-state index in [1.807, 2.05) is 6.92 Å². The predicted molar refractivity (Wildman–Crippen MR) is 50.3 cm³/mol. The van der Waals surface area contributed by atoms with Crippen molar-refractivity contribution >= 4 is 0 Å². The fourth-order valence-corrected chi connectivity index (χ4v) is 1.75. The molecule has 68 valence electrons. The van der Waals surface area contributed by atoms with E-state index < -0.39 is 0 Å². The molecule has 0 rings (SSSR count). The molecule has 0 aromatic heterocycles. The van der Waals surface area contributed by atoms with Crippen LogP contribution in [-0.4, -0.2) is 11.6 Å². The number of hydrogen-bond donors (Lipinski definition) is 2. The van der Waals surface area contributed by atoms with Crippen LogP contribution in [-0.2, 0) is 0 Å². The van der Waals surface area contributed by atoms with Crippen LogP contribution >= 0.6 is 0 Å². The largest absolute Gasteiger partial charge is 0.328 e. The van der Waals surface area contributed by atoms with Gasteiger partial charge in [-0.1, -0.05) is 13.8 Å². The predicted octanol–water partition coefficient (Wildman–Crippen LogP) is 1.49. The Morgan fingerprint density at radius 1 is 1.18 bits per heavy atom. The molecule has 0 amide bonds. The summed E-state index contributed by atoms with van der Waals surface area (Å²) in [6.45, 7) is 8.46. The standard InChI is InChI=1S/C9H22N2/c1-7(2)5-9(4,11)6-8(3)10/h7-8H,5-6,10-11H2,1-4H3. The molecule has 0 aromatic carbocycles. The van der Waals surface area contributed by atoms with E-state index >= 15 is 0 Å². The van der Waals surface area contributed by atoms with Gasteiger partial charge in [0.25, 0.3) is 0 Å². The summed E-state index contributed by atoms with van der Waals surface area (Å²) in [5, 5.41) is 0. The highest BCUT2D eigenvalue weighted by Gasteiger charge is 2.20. The van der Waals surface area contributed by atoms with Crippen molar-refractivity contribution in [1.29, 1.82) is 0 Å². The molecule has 0 heterocycles. The van der Waals surface area contributed by atoms with Gasteiger partial charge in [-0.25, -0.2) is 0 Å². The molecule has 2 heteroatoms. The van der Waals surface area contributed by atoms with Crippen LogP contribution in [0.2, 0.25) is 0 Å². The summed E-state index contributed by atoms with van der Waals surface area (Å²) in [6.07, 6.45) is 1.96. The van der Waals surface area contributed by atoms with Gasteiger partial charge in [0, 0.05) is 11.6 Å². The Morgan fingerprint density at radius 2 is 1.64 bits per heavy atom. The number of rotatable bonds is 4. The maximum atomic E-state index is 6.04. The van der Waals surface area contributed by atoms with Crippen molar-refractivity contribution in [1.82, 2.24) is 0 Å². The first-order chi connectivity index (χ1) is 4.83. The van der Waals surface area contributed by atoms with Gasteiger partial charge in [0.05, 0.1) is 0 Å². The van der Waals surface area contributed by atoms with Gasteiger partial charge in [0.2, 0.25) is 0 Å². The zero-order chi connectivity index (χ0) is 9.07. The van der Waals surface area contributed by atoms with E-state index in [1.54, 1.807) is 0 Å². The molecule has 0 aliphatic rings. The van der Waals surface area contributed by atoms with Crippen LogP contribution in [0.4, 0.5) is 0 Å². The van der Waals surface area contributed by atoms with Crippen molar-refractivity contribution in [3.05, 3.63) is 0 Å². The quantitative estimate of drug-likeness (QED) is 0.651. The molecule has 2 nitrogen and oxygen atoms in total. The lowest BCUT2D eigenvalue weighted by atomic mass is 9.86. The van der Waals surface area contributed by atoms with E-state index in [0.717, 1.165) is 12.8 Å². The molecule has 2 atom stereocenters. The van der Waals surface area contributed by atoms with Gasteiger partial charge in [0.1, 0.15) is 0 Å². The van der Waals surface area contributed by atoms with E-state index in [1.165, 1.54) is 0 Å². The van der Waals surface area contributed by atoms with Crippen molar-refractivity contribution < 1.29 is 0 Å². The van der Waals surface area contributed by atoms with Crippen molar-refractivity contribution in [3.63, 3.8) is 0 Å². The third-order valence-electron chi connectivity index (χ3n) is 1.66. The summed E-state index contributed by atoms with van der Waals surface area (Å²) in [5.41, 5.74) is 11.6. The van der Waals surface area contributed by atoms with E-state index in [-0.39, 0.29) is 11.6 Å². The average molecular weight is 158 g/mol. The molecule has 0 aromatic rings. The van der Waals surface area contributed by atoms with Gasteiger partial charge in [-0.05, 0) is 32.6 Å². The van der Waals surface area contributed by atoms with Crippen molar-refractivity contribution in [3.8, 4) is 0 Å². The maximum Gasteiger partial charge on any atom is 0.0142 e. The Morgan fingerprint density at radius 3 is 1.91 bits per heavy atom. The van der Waals surface area contributed by atoms with Crippen LogP contribution in [0.5, 0.6) is 0 Å². The first-order valence-electron chi connectivity index (χ1n) is 4.38. The van der Waals surface area contributed by atoms with Crippen LogP contribution in [0.3, 0.4) is 0 Å². The second kappa shape index (κ2) is 4.07. The second-order valence-corrected chi connectivity index (χ2v) is 4.43. The summed E-state index contributed by atoms with van der Waals surface area (Å²) in [6, 6.07) is 0.212. The molecule has 4 N–H and O–H groups in total. The zero-order valence-electron chi connectivity index (χ0n) is 8.22. The van der Waals surface area contributed by atoms with Crippen LogP contribution in [0.15, 0.2) is 0 Å². The van der Waals surface area contributed by atoms with E-state index in [4.69, 9.17) is 11.5 Å². The topological polar surface area (TPSA) is 52.0 Å². The lowest BCUT2D eigenvalue weighted by molar-refractivity contribution is 0.329. The molecule has 0 saturated heterocycles. The third-order valence-corrected chi connectivity index (χ3v) is 1.66. The first-order valence-corrected chi connectivity index (χ1v) is 4.38. The molecule has 0 fully saturated rings. The average Bonchev–Trinajstić information content (AvgIpc) is 1.53. The fourth-order valence-electron chi connectivity index (χ4n) is 1.75. The Kier molecular flexibility index (Phi) is 4.04. The van der Waals surface area contributed by atoms with Gasteiger partial charge in [-0.2, -0.15) is 0 Å². The van der Waals surface area contributed by atoms with Gasteiger partial charge in [-0.3, -0.25) is 0 Å². The summed E-state index contributed by atoms with van der Waals surface area (Å²) in [5.74, 6) is 0.656. The molecule has 0 radical (unpaired) electrons. The third kappa shape index (κ3) is 6.32. The van der Waals surface area contributed by atoms with Gasteiger partial charge in [-0.15, -0.1) is 0 Å². The Labute approximate surface area is 70.3 Å². The molecular weight excluding hydrogens is 136 g/mol. The number of nitrogens with two attached hydrogens (primary N) is 2. The number of hydrogen-bond acceptors (Lipinski definition) is 2. The van der Waals surface area contributed by atoms with Gasteiger partial charge in [0.15, 0.2) is 0 Å². The molecule has 0 aliphatic carbocycles. The highest BCUT2D eigenvalue weighted by Crippen LogP contribution is 2.18. The summed E-state index contributed by atoms with van der Waals surface area (Å²) in [4.78, 5) is 0. The molecule has 2 unspecified atom stereocenters. The lowest BCUT2D eigenvalue weighted by Gasteiger charge is -2.28.